The third-order valence-corrected chi connectivity index (χ3v) is 2.76. The Morgan fingerprint density at radius 1 is 1.42 bits per heavy atom. The van der Waals surface area contributed by atoms with Gasteiger partial charge in [0.2, 0.25) is 5.91 Å². The fraction of sp³-hybridized carbons (Fsp3) is 0.385. The Bertz CT molecular complexity index is 451. The first-order chi connectivity index (χ1) is 8.99. The Kier molecular flexibility index (Phi) is 6.32. The Morgan fingerprint density at radius 3 is 2.79 bits per heavy atom. The van der Waals surface area contributed by atoms with Gasteiger partial charge >= 0.3 is 5.97 Å². The zero-order valence-corrected chi connectivity index (χ0v) is 11.5. The summed E-state index contributed by atoms with van der Waals surface area (Å²) in [6, 6.07) is 7.32. The predicted molar refractivity (Wildman–Crippen MR) is 73.0 cm³/mol. The molecule has 2 N–H and O–H groups in total. The van der Waals surface area contributed by atoms with Crippen LogP contribution in [-0.4, -0.2) is 42.0 Å². The van der Waals surface area contributed by atoms with Crippen LogP contribution in [0.1, 0.15) is 12.0 Å². The standard InChI is InChI=1S/C13H17ClN2O3/c1-16(9-10-3-2-4-11(14)7-10)12(17)8-15-6-5-13(18)19/h2-4,7,15H,5-6,8-9H2,1H3,(H,18,19). The highest BCUT2D eigenvalue weighted by molar-refractivity contribution is 6.30. The van der Waals surface area contributed by atoms with Gasteiger partial charge in [0, 0.05) is 25.2 Å². The Labute approximate surface area is 117 Å². The molecular formula is C13H17ClN2O3. The van der Waals surface area contributed by atoms with Crippen LogP contribution in [-0.2, 0) is 16.1 Å². The summed E-state index contributed by atoms with van der Waals surface area (Å²) >= 11 is 5.87. The van der Waals surface area contributed by atoms with Crippen molar-refractivity contribution >= 4 is 23.5 Å². The van der Waals surface area contributed by atoms with E-state index in [1.54, 1.807) is 18.0 Å². The highest BCUT2D eigenvalue weighted by atomic mass is 35.5. The summed E-state index contributed by atoms with van der Waals surface area (Å²) in [5.41, 5.74) is 0.953. The molecular weight excluding hydrogens is 268 g/mol. The van der Waals surface area contributed by atoms with E-state index in [4.69, 9.17) is 16.7 Å². The van der Waals surface area contributed by atoms with E-state index in [-0.39, 0.29) is 25.4 Å². The molecule has 0 spiro atoms. The van der Waals surface area contributed by atoms with Crippen LogP contribution in [0, 0.1) is 0 Å². The monoisotopic (exact) mass is 284 g/mol. The first kappa shape index (κ1) is 15.5. The van der Waals surface area contributed by atoms with Gasteiger partial charge in [-0.2, -0.15) is 0 Å². The Balaban J connectivity index is 2.34. The molecule has 0 saturated heterocycles. The van der Waals surface area contributed by atoms with E-state index in [1.165, 1.54) is 0 Å². The van der Waals surface area contributed by atoms with Gasteiger partial charge in [0.1, 0.15) is 0 Å². The molecule has 0 aromatic heterocycles. The van der Waals surface area contributed by atoms with Crippen molar-refractivity contribution in [3.63, 3.8) is 0 Å². The summed E-state index contributed by atoms with van der Waals surface area (Å²) in [5.74, 6) is -0.974. The molecule has 0 heterocycles. The third-order valence-electron chi connectivity index (χ3n) is 2.53. The van der Waals surface area contributed by atoms with Crippen LogP contribution in [0.15, 0.2) is 24.3 Å². The van der Waals surface area contributed by atoms with Crippen molar-refractivity contribution in [1.29, 1.82) is 0 Å². The van der Waals surface area contributed by atoms with E-state index in [2.05, 4.69) is 5.32 Å². The summed E-state index contributed by atoms with van der Waals surface area (Å²) in [4.78, 5) is 23.6. The van der Waals surface area contributed by atoms with Crippen molar-refractivity contribution in [2.24, 2.45) is 0 Å². The molecule has 0 fully saturated rings. The molecule has 19 heavy (non-hydrogen) atoms. The van der Waals surface area contributed by atoms with Gasteiger partial charge in [-0.1, -0.05) is 23.7 Å². The van der Waals surface area contributed by atoms with E-state index < -0.39 is 5.97 Å². The second kappa shape index (κ2) is 7.76. The molecule has 0 radical (unpaired) electrons. The SMILES string of the molecule is CN(Cc1cccc(Cl)c1)C(=O)CNCCC(=O)O. The Morgan fingerprint density at radius 2 is 2.16 bits per heavy atom. The minimum Gasteiger partial charge on any atom is -0.481 e. The second-order valence-electron chi connectivity index (χ2n) is 4.20. The van der Waals surface area contributed by atoms with Crippen molar-refractivity contribution < 1.29 is 14.7 Å². The number of halogens is 1. The summed E-state index contributed by atoms with van der Waals surface area (Å²) < 4.78 is 0. The molecule has 0 atom stereocenters. The smallest absolute Gasteiger partial charge is 0.304 e. The topological polar surface area (TPSA) is 69.6 Å². The van der Waals surface area contributed by atoms with Crippen molar-refractivity contribution in [1.82, 2.24) is 10.2 Å². The van der Waals surface area contributed by atoms with E-state index >= 15 is 0 Å². The van der Waals surface area contributed by atoms with Crippen LogP contribution in [0.4, 0.5) is 0 Å². The number of carbonyl (C=O) groups is 2. The fourth-order valence-corrected chi connectivity index (χ4v) is 1.74. The van der Waals surface area contributed by atoms with Gasteiger partial charge in [-0.3, -0.25) is 9.59 Å². The predicted octanol–water partition coefficient (Wildman–Crippen LogP) is 1.36. The van der Waals surface area contributed by atoms with Crippen LogP contribution in [0.25, 0.3) is 0 Å². The molecule has 0 aliphatic heterocycles. The van der Waals surface area contributed by atoms with Gasteiger partial charge in [0.05, 0.1) is 13.0 Å². The van der Waals surface area contributed by atoms with Crippen molar-refractivity contribution in [3.8, 4) is 0 Å². The number of hydrogen-bond donors (Lipinski definition) is 2. The van der Waals surface area contributed by atoms with Gasteiger partial charge in [-0.25, -0.2) is 0 Å². The van der Waals surface area contributed by atoms with Crippen molar-refractivity contribution in [2.75, 3.05) is 20.1 Å². The summed E-state index contributed by atoms with van der Waals surface area (Å²) in [6.45, 7) is 0.885. The molecule has 1 aromatic carbocycles. The van der Waals surface area contributed by atoms with Crippen LogP contribution < -0.4 is 5.32 Å². The Hall–Kier alpha value is -1.59. The number of hydrogen-bond acceptors (Lipinski definition) is 3. The zero-order valence-electron chi connectivity index (χ0n) is 10.7. The molecule has 0 saturated carbocycles. The lowest BCUT2D eigenvalue weighted by Gasteiger charge is -2.17. The van der Waals surface area contributed by atoms with Crippen LogP contribution >= 0.6 is 11.6 Å². The first-order valence-corrected chi connectivity index (χ1v) is 6.27. The minimum atomic E-state index is -0.882. The molecule has 104 valence electrons. The number of rotatable bonds is 7. The molecule has 0 aliphatic rings. The minimum absolute atomic E-state index is 0.00525. The molecule has 5 nitrogen and oxygen atoms in total. The average Bonchev–Trinajstić information content (AvgIpc) is 2.34. The summed E-state index contributed by atoms with van der Waals surface area (Å²) in [5, 5.41) is 11.9. The van der Waals surface area contributed by atoms with E-state index in [9.17, 15) is 9.59 Å². The maximum Gasteiger partial charge on any atom is 0.304 e. The van der Waals surface area contributed by atoms with E-state index in [0.717, 1.165) is 5.56 Å². The number of aliphatic carboxylic acids is 1. The number of nitrogens with one attached hydrogen (secondary N) is 1. The lowest BCUT2D eigenvalue weighted by Crippen LogP contribution is -2.35. The van der Waals surface area contributed by atoms with E-state index in [0.29, 0.717) is 11.6 Å². The zero-order chi connectivity index (χ0) is 14.3. The maximum atomic E-state index is 11.8. The lowest BCUT2D eigenvalue weighted by atomic mass is 10.2. The van der Waals surface area contributed by atoms with Crippen molar-refractivity contribution in [3.05, 3.63) is 34.9 Å². The number of likely N-dealkylation sites (N-methyl/N-ethyl adjacent to an activating group) is 1. The second-order valence-corrected chi connectivity index (χ2v) is 4.64. The molecule has 1 rings (SSSR count). The van der Waals surface area contributed by atoms with Crippen LogP contribution in [0.2, 0.25) is 5.02 Å². The number of carboxylic acid groups (broad SMARTS) is 1. The third kappa shape index (κ3) is 6.22. The maximum absolute atomic E-state index is 11.8. The average molecular weight is 285 g/mol. The van der Waals surface area contributed by atoms with Gasteiger partial charge in [0.25, 0.3) is 0 Å². The van der Waals surface area contributed by atoms with Gasteiger partial charge in [0.15, 0.2) is 0 Å². The molecule has 0 unspecified atom stereocenters. The fourth-order valence-electron chi connectivity index (χ4n) is 1.52. The largest absolute Gasteiger partial charge is 0.481 e. The van der Waals surface area contributed by atoms with E-state index in [1.807, 2.05) is 18.2 Å². The number of nitrogens with zero attached hydrogens (tertiary/aromatic N) is 1. The number of amides is 1. The lowest BCUT2D eigenvalue weighted by molar-refractivity contribution is -0.137. The normalized spacial score (nSPS) is 10.2. The van der Waals surface area contributed by atoms with Gasteiger partial charge < -0.3 is 15.3 Å². The quantitative estimate of drug-likeness (QED) is 0.742. The summed E-state index contributed by atoms with van der Waals surface area (Å²) in [7, 11) is 1.70. The van der Waals surface area contributed by atoms with Crippen LogP contribution in [0.5, 0.6) is 0 Å². The highest BCUT2D eigenvalue weighted by Gasteiger charge is 2.09. The molecule has 0 bridgehead atoms. The first-order valence-electron chi connectivity index (χ1n) is 5.90. The number of benzene rings is 1. The van der Waals surface area contributed by atoms with Gasteiger partial charge in [-0.05, 0) is 17.7 Å². The van der Waals surface area contributed by atoms with Gasteiger partial charge in [-0.15, -0.1) is 0 Å². The van der Waals surface area contributed by atoms with Crippen molar-refractivity contribution in [2.45, 2.75) is 13.0 Å². The summed E-state index contributed by atoms with van der Waals surface area (Å²) in [6.07, 6.45) is 0.00525. The molecule has 6 heteroatoms. The highest BCUT2D eigenvalue weighted by Crippen LogP contribution is 2.11. The molecule has 1 aromatic rings. The molecule has 0 aliphatic carbocycles. The number of carboxylic acids is 1. The number of carbonyl (C=O) groups excluding carboxylic acids is 1. The molecule has 1 amide bonds. The van der Waals surface area contributed by atoms with Crippen LogP contribution in [0.3, 0.4) is 0 Å².